The lowest BCUT2D eigenvalue weighted by Crippen LogP contribution is -2.38. The monoisotopic (exact) mass is 257 g/mol. The summed E-state index contributed by atoms with van der Waals surface area (Å²) in [5.41, 5.74) is 0.721. The number of rotatable bonds is 5. The Balaban J connectivity index is 2.48. The zero-order valence-corrected chi connectivity index (χ0v) is 11.0. The molecule has 6 heteroatoms. The quantitative estimate of drug-likeness (QED) is 0.326. The molecule has 0 aromatic heterocycles. The fraction of sp³-hybridized carbons (Fsp3) is 0.750. The van der Waals surface area contributed by atoms with Crippen LogP contribution < -0.4 is 0 Å². The SMILES string of the molecule is CC1=CCC(C(C)(C)OC(=O)CO[N+](=O)[O-])CC1. The summed E-state index contributed by atoms with van der Waals surface area (Å²) in [5, 5.41) is 8.98. The Morgan fingerprint density at radius 1 is 1.61 bits per heavy atom. The first kappa shape index (κ1) is 14.5. The predicted molar refractivity (Wildman–Crippen MR) is 64.2 cm³/mol. The van der Waals surface area contributed by atoms with Gasteiger partial charge in [-0.15, -0.1) is 10.1 Å². The van der Waals surface area contributed by atoms with Gasteiger partial charge in [0.25, 0.3) is 5.09 Å². The van der Waals surface area contributed by atoms with Crippen LogP contribution in [-0.4, -0.2) is 23.3 Å². The Hall–Kier alpha value is -1.59. The first-order valence-corrected chi connectivity index (χ1v) is 5.96. The molecule has 0 N–H and O–H groups in total. The van der Waals surface area contributed by atoms with Gasteiger partial charge in [0.2, 0.25) is 0 Å². The zero-order valence-electron chi connectivity index (χ0n) is 11.0. The summed E-state index contributed by atoms with van der Waals surface area (Å²) in [7, 11) is 0. The van der Waals surface area contributed by atoms with E-state index in [2.05, 4.69) is 17.8 Å². The molecule has 0 aromatic carbocycles. The number of carbonyl (C=O) groups excluding carboxylic acids is 1. The second-order valence-electron chi connectivity index (χ2n) is 5.10. The van der Waals surface area contributed by atoms with Crippen LogP contribution in [0.15, 0.2) is 11.6 Å². The normalized spacial score (nSPS) is 19.9. The van der Waals surface area contributed by atoms with Crippen LogP contribution in [0.5, 0.6) is 0 Å². The van der Waals surface area contributed by atoms with Crippen molar-refractivity contribution in [2.24, 2.45) is 5.92 Å². The van der Waals surface area contributed by atoms with E-state index in [4.69, 9.17) is 4.74 Å². The van der Waals surface area contributed by atoms with Gasteiger partial charge in [0.05, 0.1) is 0 Å². The average Bonchev–Trinajstić information content (AvgIpc) is 2.26. The highest BCUT2D eigenvalue weighted by atomic mass is 17.0. The van der Waals surface area contributed by atoms with Crippen molar-refractivity contribution in [3.63, 3.8) is 0 Å². The smallest absolute Gasteiger partial charge is 0.332 e. The molecule has 0 saturated carbocycles. The number of nitrogens with zero attached hydrogens (tertiary/aromatic N) is 1. The van der Waals surface area contributed by atoms with E-state index in [-0.39, 0.29) is 5.92 Å². The van der Waals surface area contributed by atoms with Gasteiger partial charge in [-0.2, -0.15) is 0 Å². The van der Waals surface area contributed by atoms with Gasteiger partial charge in [-0.3, -0.25) is 0 Å². The van der Waals surface area contributed by atoms with Gasteiger partial charge in [0.1, 0.15) is 5.60 Å². The molecule has 0 saturated heterocycles. The third-order valence-corrected chi connectivity index (χ3v) is 3.29. The zero-order chi connectivity index (χ0) is 13.8. The van der Waals surface area contributed by atoms with Gasteiger partial charge in [0.15, 0.2) is 6.61 Å². The standard InChI is InChI=1S/C12H19NO5/c1-9-4-6-10(7-5-9)12(2,3)18-11(14)8-17-13(15)16/h4,10H,5-8H2,1-3H3. The molecule has 1 aliphatic carbocycles. The van der Waals surface area contributed by atoms with Crippen LogP contribution in [0.2, 0.25) is 0 Å². The van der Waals surface area contributed by atoms with E-state index in [1.54, 1.807) is 0 Å². The van der Waals surface area contributed by atoms with E-state index in [0.29, 0.717) is 0 Å². The van der Waals surface area contributed by atoms with Crippen molar-refractivity contribution in [3.8, 4) is 0 Å². The fourth-order valence-corrected chi connectivity index (χ4v) is 2.11. The first-order valence-electron chi connectivity index (χ1n) is 5.96. The maximum atomic E-state index is 11.4. The number of carbonyl (C=O) groups is 1. The Morgan fingerprint density at radius 2 is 2.28 bits per heavy atom. The lowest BCUT2D eigenvalue weighted by atomic mass is 9.79. The molecule has 1 rings (SSSR count). The van der Waals surface area contributed by atoms with Crippen LogP contribution in [-0.2, 0) is 14.4 Å². The Morgan fingerprint density at radius 3 is 2.78 bits per heavy atom. The van der Waals surface area contributed by atoms with E-state index in [0.717, 1.165) is 19.3 Å². The minimum Gasteiger partial charge on any atom is -0.458 e. The molecule has 0 radical (unpaired) electrons. The molecule has 1 atom stereocenters. The van der Waals surface area contributed by atoms with E-state index in [9.17, 15) is 14.9 Å². The molecule has 102 valence electrons. The molecular weight excluding hydrogens is 238 g/mol. The average molecular weight is 257 g/mol. The maximum Gasteiger partial charge on any atom is 0.332 e. The summed E-state index contributed by atoms with van der Waals surface area (Å²) < 4.78 is 5.27. The summed E-state index contributed by atoms with van der Waals surface area (Å²) >= 11 is 0. The van der Waals surface area contributed by atoms with E-state index < -0.39 is 23.3 Å². The summed E-state index contributed by atoms with van der Waals surface area (Å²) in [6.45, 7) is 5.09. The first-order chi connectivity index (χ1) is 8.31. The molecule has 1 aliphatic rings. The van der Waals surface area contributed by atoms with Crippen molar-refractivity contribution >= 4 is 5.97 Å². The molecule has 0 spiro atoms. The van der Waals surface area contributed by atoms with Crippen molar-refractivity contribution in [3.05, 3.63) is 21.8 Å². The number of ether oxygens (including phenoxy) is 1. The Labute approximate surface area is 106 Å². The second-order valence-corrected chi connectivity index (χ2v) is 5.10. The Kier molecular flexibility index (Phi) is 4.69. The summed E-state index contributed by atoms with van der Waals surface area (Å²) in [5.74, 6) is -0.469. The van der Waals surface area contributed by atoms with Gasteiger partial charge in [-0.25, -0.2) is 4.79 Å². The molecule has 6 nitrogen and oxygen atoms in total. The molecule has 0 amide bonds. The van der Waals surface area contributed by atoms with Crippen molar-refractivity contribution in [2.75, 3.05) is 6.61 Å². The molecule has 18 heavy (non-hydrogen) atoms. The Bertz CT molecular complexity index is 361. The highest BCUT2D eigenvalue weighted by Crippen LogP contribution is 2.34. The fourth-order valence-electron chi connectivity index (χ4n) is 2.11. The molecule has 1 unspecified atom stereocenters. The highest BCUT2D eigenvalue weighted by Gasteiger charge is 2.33. The minimum absolute atomic E-state index is 0.237. The van der Waals surface area contributed by atoms with Crippen LogP contribution in [0.25, 0.3) is 0 Å². The summed E-state index contributed by atoms with van der Waals surface area (Å²) in [6, 6.07) is 0. The number of esters is 1. The van der Waals surface area contributed by atoms with Crippen LogP contribution in [0.3, 0.4) is 0 Å². The minimum atomic E-state index is -0.999. The van der Waals surface area contributed by atoms with Crippen LogP contribution >= 0.6 is 0 Å². The van der Waals surface area contributed by atoms with Crippen LogP contribution in [0, 0.1) is 16.0 Å². The van der Waals surface area contributed by atoms with Gasteiger partial charge < -0.3 is 9.57 Å². The molecule has 0 aromatic rings. The van der Waals surface area contributed by atoms with E-state index in [1.165, 1.54) is 5.57 Å². The largest absolute Gasteiger partial charge is 0.458 e. The molecule has 0 bridgehead atoms. The molecule has 0 fully saturated rings. The van der Waals surface area contributed by atoms with E-state index in [1.807, 2.05) is 13.8 Å². The molecule has 0 aliphatic heterocycles. The van der Waals surface area contributed by atoms with Crippen molar-refractivity contribution in [1.29, 1.82) is 0 Å². The summed E-state index contributed by atoms with van der Waals surface area (Å²) in [4.78, 5) is 25.4. The van der Waals surface area contributed by atoms with Crippen LogP contribution in [0.4, 0.5) is 0 Å². The third kappa shape index (κ3) is 4.35. The second kappa shape index (κ2) is 5.84. The van der Waals surface area contributed by atoms with E-state index >= 15 is 0 Å². The van der Waals surface area contributed by atoms with Crippen molar-refractivity contribution in [2.45, 2.75) is 45.6 Å². The van der Waals surface area contributed by atoms with Crippen LogP contribution in [0.1, 0.15) is 40.0 Å². The number of allylic oxidation sites excluding steroid dienone is 2. The van der Waals surface area contributed by atoms with Gasteiger partial charge >= 0.3 is 5.97 Å². The third-order valence-electron chi connectivity index (χ3n) is 3.29. The summed E-state index contributed by atoms with van der Waals surface area (Å²) in [6.07, 6.45) is 4.97. The van der Waals surface area contributed by atoms with Gasteiger partial charge in [-0.1, -0.05) is 11.6 Å². The maximum absolute atomic E-state index is 11.4. The highest BCUT2D eigenvalue weighted by molar-refractivity contribution is 5.71. The predicted octanol–water partition coefficient (Wildman–Crippen LogP) is 2.26. The lowest BCUT2D eigenvalue weighted by molar-refractivity contribution is -0.754. The molecule has 0 heterocycles. The molecular formula is C12H19NO5. The lowest BCUT2D eigenvalue weighted by Gasteiger charge is -2.35. The van der Waals surface area contributed by atoms with Crippen molar-refractivity contribution in [1.82, 2.24) is 0 Å². The topological polar surface area (TPSA) is 78.7 Å². The van der Waals surface area contributed by atoms with Gasteiger partial charge in [0, 0.05) is 5.92 Å². The van der Waals surface area contributed by atoms with Crippen molar-refractivity contribution < 1.29 is 19.5 Å². The number of hydrogen-bond acceptors (Lipinski definition) is 5. The van der Waals surface area contributed by atoms with Gasteiger partial charge in [-0.05, 0) is 40.0 Å². The number of hydrogen-bond donors (Lipinski definition) is 0.